The summed E-state index contributed by atoms with van der Waals surface area (Å²) in [4.78, 5) is 15.6. The van der Waals surface area contributed by atoms with Gasteiger partial charge in [0.15, 0.2) is 5.16 Å². The van der Waals surface area contributed by atoms with Gasteiger partial charge < -0.3 is 9.30 Å². The third kappa shape index (κ3) is 2.99. The number of nitrogens with zero attached hydrogens (tertiary/aromatic N) is 2. The molecule has 15 heavy (non-hydrogen) atoms. The molecule has 5 heteroatoms. The molecule has 0 aliphatic rings. The lowest BCUT2D eigenvalue weighted by atomic mass is 10.3. The summed E-state index contributed by atoms with van der Waals surface area (Å²) in [5, 5.41) is 0.706. The largest absolute Gasteiger partial charge is 0.468 e. The Morgan fingerprint density at radius 1 is 1.67 bits per heavy atom. The van der Waals surface area contributed by atoms with Gasteiger partial charge in [-0.2, -0.15) is 0 Å². The van der Waals surface area contributed by atoms with Crippen molar-refractivity contribution in [3.05, 3.63) is 12.4 Å². The first-order valence-corrected chi connectivity index (χ1v) is 5.86. The number of hydrogen-bond donors (Lipinski definition) is 0. The van der Waals surface area contributed by atoms with E-state index in [1.165, 1.54) is 18.9 Å². The highest BCUT2D eigenvalue weighted by Crippen LogP contribution is 2.24. The molecule has 0 radical (unpaired) electrons. The lowest BCUT2D eigenvalue weighted by molar-refractivity contribution is -0.140. The van der Waals surface area contributed by atoms with Crippen molar-refractivity contribution in [3.63, 3.8) is 0 Å². The number of methoxy groups -OCH3 is 1. The van der Waals surface area contributed by atoms with Crippen molar-refractivity contribution in [1.29, 1.82) is 0 Å². The van der Waals surface area contributed by atoms with Gasteiger partial charge >= 0.3 is 5.97 Å². The lowest BCUT2D eigenvalue weighted by Crippen LogP contribution is -2.18. The summed E-state index contributed by atoms with van der Waals surface area (Å²) in [6.07, 6.45) is 4.40. The van der Waals surface area contributed by atoms with Crippen LogP contribution in [0.4, 0.5) is 0 Å². The Bertz CT molecular complexity index is 325. The number of carbonyl (C=O) groups is 1. The predicted molar refractivity (Wildman–Crippen MR) is 59.9 cm³/mol. The molecule has 0 amide bonds. The molecule has 0 bridgehead atoms. The molecule has 0 saturated heterocycles. The number of hydrogen-bond acceptors (Lipinski definition) is 4. The van der Waals surface area contributed by atoms with Crippen LogP contribution in [0.5, 0.6) is 0 Å². The molecule has 1 aromatic rings. The summed E-state index contributed by atoms with van der Waals surface area (Å²) < 4.78 is 6.74. The Balaban J connectivity index is 2.70. The van der Waals surface area contributed by atoms with Crippen LogP contribution in [0.2, 0.25) is 0 Å². The quantitative estimate of drug-likeness (QED) is 0.570. The molecule has 0 fully saturated rings. The Kier molecular flexibility index (Phi) is 4.68. The number of rotatable bonds is 5. The third-order valence-corrected chi connectivity index (χ3v) is 3.46. The average Bonchev–Trinajstić information content (AvgIpc) is 2.71. The Hall–Kier alpha value is -0.970. The van der Waals surface area contributed by atoms with Gasteiger partial charge in [-0.15, -0.1) is 0 Å². The normalized spacial score (nSPS) is 12.5. The molecule has 0 saturated carbocycles. The zero-order valence-corrected chi connectivity index (χ0v) is 10.1. The maximum atomic E-state index is 11.4. The molecule has 1 aromatic heterocycles. The van der Waals surface area contributed by atoms with Crippen molar-refractivity contribution in [2.75, 3.05) is 7.11 Å². The topological polar surface area (TPSA) is 44.1 Å². The van der Waals surface area contributed by atoms with Gasteiger partial charge in [0.05, 0.1) is 7.11 Å². The van der Waals surface area contributed by atoms with Gasteiger partial charge in [0.2, 0.25) is 0 Å². The standard InChI is InChI=1S/C10H16N2O2S/c1-4-8(9(13)14-3)15-10-11-6-7-12(10)5-2/h6-8H,4-5H2,1-3H3. The highest BCUT2D eigenvalue weighted by Gasteiger charge is 2.20. The molecule has 1 unspecified atom stereocenters. The van der Waals surface area contributed by atoms with Crippen LogP contribution in [0.25, 0.3) is 0 Å². The van der Waals surface area contributed by atoms with Crippen LogP contribution < -0.4 is 0 Å². The van der Waals surface area contributed by atoms with Crippen molar-refractivity contribution >= 4 is 17.7 Å². The SMILES string of the molecule is CCC(Sc1nccn1CC)C(=O)OC. The molecule has 1 rings (SSSR count). The van der Waals surface area contributed by atoms with Crippen LogP contribution in [0.3, 0.4) is 0 Å². The van der Waals surface area contributed by atoms with Gasteiger partial charge in [-0.05, 0) is 13.3 Å². The van der Waals surface area contributed by atoms with Crippen LogP contribution in [-0.4, -0.2) is 27.9 Å². The van der Waals surface area contributed by atoms with Crippen molar-refractivity contribution < 1.29 is 9.53 Å². The molecule has 1 heterocycles. The van der Waals surface area contributed by atoms with Crippen molar-refractivity contribution in [1.82, 2.24) is 9.55 Å². The number of esters is 1. The number of ether oxygens (including phenoxy) is 1. The fourth-order valence-corrected chi connectivity index (χ4v) is 2.27. The van der Waals surface area contributed by atoms with Crippen LogP contribution >= 0.6 is 11.8 Å². The maximum Gasteiger partial charge on any atom is 0.319 e. The van der Waals surface area contributed by atoms with Gasteiger partial charge in [0.1, 0.15) is 5.25 Å². The summed E-state index contributed by atoms with van der Waals surface area (Å²) in [7, 11) is 1.41. The van der Waals surface area contributed by atoms with Gasteiger partial charge in [0.25, 0.3) is 0 Å². The van der Waals surface area contributed by atoms with Crippen LogP contribution in [0, 0.1) is 0 Å². The second-order valence-electron chi connectivity index (χ2n) is 3.03. The summed E-state index contributed by atoms with van der Waals surface area (Å²) in [6, 6.07) is 0. The second kappa shape index (κ2) is 5.80. The van der Waals surface area contributed by atoms with E-state index < -0.39 is 0 Å². The maximum absolute atomic E-state index is 11.4. The van der Waals surface area contributed by atoms with Crippen LogP contribution in [-0.2, 0) is 16.1 Å². The third-order valence-electron chi connectivity index (χ3n) is 2.10. The molecule has 0 aliphatic heterocycles. The average molecular weight is 228 g/mol. The zero-order chi connectivity index (χ0) is 11.3. The van der Waals surface area contributed by atoms with Crippen LogP contribution in [0.15, 0.2) is 17.6 Å². The van der Waals surface area contributed by atoms with E-state index in [0.29, 0.717) is 0 Å². The van der Waals surface area contributed by atoms with E-state index >= 15 is 0 Å². The number of aromatic nitrogens is 2. The number of imidazole rings is 1. The molecule has 0 aromatic carbocycles. The van der Waals surface area contributed by atoms with E-state index in [1.807, 2.05) is 24.6 Å². The smallest absolute Gasteiger partial charge is 0.319 e. The van der Waals surface area contributed by atoms with Crippen molar-refractivity contribution in [2.45, 2.75) is 37.2 Å². The molecule has 4 nitrogen and oxygen atoms in total. The molecular formula is C10H16N2O2S. The fourth-order valence-electron chi connectivity index (χ4n) is 1.21. The van der Waals surface area contributed by atoms with E-state index in [9.17, 15) is 4.79 Å². The minimum atomic E-state index is -0.187. The van der Waals surface area contributed by atoms with E-state index in [1.54, 1.807) is 6.20 Å². The predicted octanol–water partition coefficient (Wildman–Crippen LogP) is 1.95. The molecule has 1 atom stereocenters. The number of carbonyl (C=O) groups excluding carboxylic acids is 1. The zero-order valence-electron chi connectivity index (χ0n) is 9.27. The number of aryl methyl sites for hydroxylation is 1. The Labute approximate surface area is 94.0 Å². The number of thioether (sulfide) groups is 1. The first kappa shape index (κ1) is 12.1. The Morgan fingerprint density at radius 3 is 2.93 bits per heavy atom. The summed E-state index contributed by atoms with van der Waals surface area (Å²) in [6.45, 7) is 4.87. The first-order valence-electron chi connectivity index (χ1n) is 4.98. The lowest BCUT2D eigenvalue weighted by Gasteiger charge is -2.11. The van der Waals surface area contributed by atoms with Crippen molar-refractivity contribution in [3.8, 4) is 0 Å². The summed E-state index contributed by atoms with van der Waals surface area (Å²) in [5.74, 6) is -0.187. The molecular weight excluding hydrogens is 212 g/mol. The molecule has 0 N–H and O–H groups in total. The first-order chi connectivity index (χ1) is 7.22. The van der Waals surface area contributed by atoms with Gasteiger partial charge in [-0.25, -0.2) is 4.98 Å². The highest BCUT2D eigenvalue weighted by molar-refractivity contribution is 8.00. The van der Waals surface area contributed by atoms with E-state index in [4.69, 9.17) is 4.74 Å². The minimum Gasteiger partial charge on any atom is -0.468 e. The Morgan fingerprint density at radius 2 is 2.40 bits per heavy atom. The van der Waals surface area contributed by atoms with Gasteiger partial charge in [-0.1, -0.05) is 18.7 Å². The minimum absolute atomic E-state index is 0.164. The van der Waals surface area contributed by atoms with Gasteiger partial charge in [0, 0.05) is 18.9 Å². The van der Waals surface area contributed by atoms with Crippen molar-refractivity contribution in [2.24, 2.45) is 0 Å². The second-order valence-corrected chi connectivity index (χ2v) is 4.20. The van der Waals surface area contributed by atoms with Gasteiger partial charge in [-0.3, -0.25) is 4.79 Å². The van der Waals surface area contributed by atoms with E-state index in [0.717, 1.165) is 18.1 Å². The monoisotopic (exact) mass is 228 g/mol. The molecule has 0 aliphatic carbocycles. The molecule has 0 spiro atoms. The fraction of sp³-hybridized carbons (Fsp3) is 0.600. The van der Waals surface area contributed by atoms with Crippen LogP contribution in [0.1, 0.15) is 20.3 Å². The van der Waals surface area contributed by atoms with E-state index in [2.05, 4.69) is 4.98 Å². The summed E-state index contributed by atoms with van der Waals surface area (Å²) in [5.41, 5.74) is 0. The van der Waals surface area contributed by atoms with E-state index in [-0.39, 0.29) is 11.2 Å². The highest BCUT2D eigenvalue weighted by atomic mass is 32.2. The summed E-state index contributed by atoms with van der Waals surface area (Å²) >= 11 is 1.46. The molecule has 84 valence electrons.